The third-order valence-electron chi connectivity index (χ3n) is 2.43. The molecule has 0 saturated carbocycles. The fourth-order valence-electron chi connectivity index (χ4n) is 1.49. The summed E-state index contributed by atoms with van der Waals surface area (Å²) in [4.78, 5) is 26.7. The maximum atomic E-state index is 11.9. The Morgan fingerprint density at radius 3 is 2.85 bits per heavy atom. The van der Waals surface area contributed by atoms with Gasteiger partial charge in [-0.1, -0.05) is 13.8 Å². The third-order valence-corrected chi connectivity index (χ3v) is 3.57. The number of hydrogen-bond acceptors (Lipinski definition) is 5. The van der Waals surface area contributed by atoms with Crippen LogP contribution in [0.3, 0.4) is 0 Å². The highest BCUT2D eigenvalue weighted by molar-refractivity contribution is 7.09. The van der Waals surface area contributed by atoms with Crippen molar-refractivity contribution in [3.63, 3.8) is 0 Å². The number of carboxylic acid groups (broad SMARTS) is 1. The summed E-state index contributed by atoms with van der Waals surface area (Å²) >= 11 is 1.43. The zero-order valence-electron chi connectivity index (χ0n) is 11.0. The largest absolute Gasteiger partial charge is 0.480 e. The molecule has 2 aromatic rings. The van der Waals surface area contributed by atoms with Crippen LogP contribution in [0.25, 0.3) is 0 Å². The van der Waals surface area contributed by atoms with Gasteiger partial charge in [-0.3, -0.25) is 14.3 Å². The molecule has 0 aliphatic heterocycles. The molecule has 2 N–H and O–H groups in total. The molecule has 7 nitrogen and oxygen atoms in total. The van der Waals surface area contributed by atoms with Crippen LogP contribution in [0.15, 0.2) is 17.6 Å². The molecular weight excluding hydrogens is 280 g/mol. The summed E-state index contributed by atoms with van der Waals surface area (Å²) in [7, 11) is 0. The van der Waals surface area contributed by atoms with Gasteiger partial charge < -0.3 is 10.4 Å². The summed E-state index contributed by atoms with van der Waals surface area (Å²) in [5.74, 6) is -0.771. The molecule has 1 amide bonds. The first-order chi connectivity index (χ1) is 9.45. The maximum Gasteiger partial charge on any atom is 0.325 e. The van der Waals surface area contributed by atoms with Crippen molar-refractivity contribution in [1.29, 1.82) is 0 Å². The molecule has 0 aromatic carbocycles. The lowest BCUT2D eigenvalue weighted by Crippen LogP contribution is -2.14. The predicted octanol–water partition coefficient (Wildman–Crippen LogP) is 1.80. The number of nitrogens with one attached hydrogen (secondary N) is 1. The Labute approximate surface area is 119 Å². The minimum Gasteiger partial charge on any atom is -0.480 e. The van der Waals surface area contributed by atoms with Gasteiger partial charge in [-0.25, -0.2) is 4.98 Å². The van der Waals surface area contributed by atoms with Crippen LogP contribution < -0.4 is 5.32 Å². The van der Waals surface area contributed by atoms with E-state index >= 15 is 0 Å². The molecule has 8 heteroatoms. The fraction of sp³-hybridized carbons (Fsp3) is 0.333. The Balaban J connectivity index is 2.03. The summed E-state index contributed by atoms with van der Waals surface area (Å²) in [6.45, 7) is 3.77. The van der Waals surface area contributed by atoms with E-state index in [0.29, 0.717) is 11.5 Å². The standard InChI is InChI=1S/C12H14N4O3S/c1-7(2)12-13-8(6-20-12)11(19)14-9-3-4-16(15-9)5-10(17)18/h3-4,6-7H,5H2,1-2H3,(H,17,18)(H,14,15,19). The van der Waals surface area contributed by atoms with E-state index in [1.54, 1.807) is 5.38 Å². The lowest BCUT2D eigenvalue weighted by atomic mass is 10.2. The van der Waals surface area contributed by atoms with E-state index in [2.05, 4.69) is 15.4 Å². The van der Waals surface area contributed by atoms with Crippen molar-refractivity contribution < 1.29 is 14.7 Å². The van der Waals surface area contributed by atoms with Gasteiger partial charge in [0.25, 0.3) is 5.91 Å². The Morgan fingerprint density at radius 2 is 2.25 bits per heavy atom. The van der Waals surface area contributed by atoms with Crippen molar-refractivity contribution in [2.45, 2.75) is 26.3 Å². The first kappa shape index (κ1) is 14.2. The molecule has 2 aromatic heterocycles. The second kappa shape index (κ2) is 5.83. The second-order valence-corrected chi connectivity index (χ2v) is 5.36. The van der Waals surface area contributed by atoms with Crippen LogP contribution in [0.1, 0.15) is 35.3 Å². The summed E-state index contributed by atoms with van der Waals surface area (Å²) in [5.41, 5.74) is 0.339. The van der Waals surface area contributed by atoms with Gasteiger partial charge in [-0.05, 0) is 0 Å². The maximum absolute atomic E-state index is 11.9. The number of hydrogen-bond donors (Lipinski definition) is 2. The topological polar surface area (TPSA) is 97.1 Å². The lowest BCUT2D eigenvalue weighted by molar-refractivity contribution is -0.137. The van der Waals surface area contributed by atoms with E-state index in [-0.39, 0.29) is 18.4 Å². The number of thiazole rings is 1. The summed E-state index contributed by atoms with van der Waals surface area (Å²) < 4.78 is 1.23. The minimum absolute atomic E-state index is 0.246. The van der Waals surface area contributed by atoms with Crippen LogP contribution in [0.4, 0.5) is 5.82 Å². The van der Waals surface area contributed by atoms with Crippen molar-refractivity contribution in [1.82, 2.24) is 14.8 Å². The summed E-state index contributed by atoms with van der Waals surface area (Å²) in [6.07, 6.45) is 1.49. The van der Waals surface area contributed by atoms with E-state index in [1.807, 2.05) is 13.8 Å². The van der Waals surface area contributed by atoms with Gasteiger partial charge in [0, 0.05) is 23.6 Å². The van der Waals surface area contributed by atoms with Gasteiger partial charge in [0.15, 0.2) is 5.82 Å². The molecule has 2 heterocycles. The fourth-order valence-corrected chi connectivity index (χ4v) is 2.31. The quantitative estimate of drug-likeness (QED) is 0.876. The van der Waals surface area contributed by atoms with Gasteiger partial charge in [-0.2, -0.15) is 5.10 Å². The first-order valence-corrected chi connectivity index (χ1v) is 6.85. The van der Waals surface area contributed by atoms with Gasteiger partial charge in [-0.15, -0.1) is 11.3 Å². The van der Waals surface area contributed by atoms with Gasteiger partial charge >= 0.3 is 5.97 Å². The van der Waals surface area contributed by atoms with Crippen LogP contribution in [-0.4, -0.2) is 31.7 Å². The molecule has 0 aliphatic rings. The lowest BCUT2D eigenvalue weighted by Gasteiger charge is -1.99. The number of amides is 1. The molecule has 2 rings (SSSR count). The number of nitrogens with zero attached hydrogens (tertiary/aromatic N) is 3. The number of carbonyl (C=O) groups excluding carboxylic acids is 1. The monoisotopic (exact) mass is 294 g/mol. The first-order valence-electron chi connectivity index (χ1n) is 5.97. The number of carboxylic acids is 1. The highest BCUT2D eigenvalue weighted by Crippen LogP contribution is 2.19. The highest BCUT2D eigenvalue weighted by atomic mass is 32.1. The van der Waals surface area contributed by atoms with Gasteiger partial charge in [0.2, 0.25) is 0 Å². The van der Waals surface area contributed by atoms with Crippen molar-refractivity contribution in [3.8, 4) is 0 Å². The molecular formula is C12H14N4O3S. The Kier molecular flexibility index (Phi) is 4.14. The van der Waals surface area contributed by atoms with E-state index in [4.69, 9.17) is 5.11 Å². The molecule has 106 valence electrons. The second-order valence-electron chi connectivity index (χ2n) is 4.47. The minimum atomic E-state index is -0.993. The number of rotatable bonds is 5. The zero-order valence-corrected chi connectivity index (χ0v) is 11.8. The van der Waals surface area contributed by atoms with Gasteiger partial charge in [0.05, 0.1) is 5.01 Å². The predicted molar refractivity (Wildman–Crippen MR) is 74.0 cm³/mol. The third kappa shape index (κ3) is 3.41. The Hall–Kier alpha value is -2.22. The van der Waals surface area contributed by atoms with E-state index in [1.165, 1.54) is 28.3 Å². The van der Waals surface area contributed by atoms with Crippen LogP contribution in [-0.2, 0) is 11.3 Å². The van der Waals surface area contributed by atoms with Crippen LogP contribution >= 0.6 is 11.3 Å². The number of carbonyl (C=O) groups is 2. The average molecular weight is 294 g/mol. The van der Waals surface area contributed by atoms with Gasteiger partial charge in [0.1, 0.15) is 12.2 Å². The van der Waals surface area contributed by atoms with Crippen molar-refractivity contribution in [2.24, 2.45) is 0 Å². The molecule has 0 saturated heterocycles. The van der Waals surface area contributed by atoms with Crippen LogP contribution in [0.2, 0.25) is 0 Å². The zero-order chi connectivity index (χ0) is 14.7. The van der Waals surface area contributed by atoms with E-state index in [0.717, 1.165) is 5.01 Å². The Bertz CT molecular complexity index is 632. The molecule has 0 atom stereocenters. The number of aromatic nitrogens is 3. The number of anilines is 1. The molecule has 0 spiro atoms. The summed E-state index contributed by atoms with van der Waals surface area (Å²) in [6, 6.07) is 1.54. The molecule has 0 fully saturated rings. The van der Waals surface area contributed by atoms with Crippen molar-refractivity contribution >= 4 is 29.0 Å². The normalized spacial score (nSPS) is 10.8. The Morgan fingerprint density at radius 1 is 1.50 bits per heavy atom. The van der Waals surface area contributed by atoms with E-state index in [9.17, 15) is 9.59 Å². The molecule has 0 bridgehead atoms. The highest BCUT2D eigenvalue weighted by Gasteiger charge is 2.14. The molecule has 0 aliphatic carbocycles. The number of aliphatic carboxylic acids is 1. The average Bonchev–Trinajstić information content (AvgIpc) is 2.97. The SMILES string of the molecule is CC(C)c1nc(C(=O)Nc2ccn(CC(=O)O)n2)cs1. The summed E-state index contributed by atoms with van der Waals surface area (Å²) in [5, 5.41) is 17.7. The molecule has 0 radical (unpaired) electrons. The van der Waals surface area contributed by atoms with Crippen LogP contribution in [0, 0.1) is 0 Å². The molecule has 0 unspecified atom stereocenters. The molecule has 20 heavy (non-hydrogen) atoms. The smallest absolute Gasteiger partial charge is 0.325 e. The van der Waals surface area contributed by atoms with Crippen molar-refractivity contribution in [2.75, 3.05) is 5.32 Å². The van der Waals surface area contributed by atoms with E-state index < -0.39 is 5.97 Å². The van der Waals surface area contributed by atoms with Crippen LogP contribution in [0.5, 0.6) is 0 Å². The van der Waals surface area contributed by atoms with Crippen molar-refractivity contribution in [3.05, 3.63) is 28.3 Å².